The van der Waals surface area contributed by atoms with Crippen molar-refractivity contribution >= 4 is 24.9 Å². The standard InChI is InChI=1S/C12H11N.C6H7N.CH5O4P/c1-3-7-11(8-4-1)13-12-9-5-2-6-10-12;7-6-4-2-1-3-5-6;1-5-6(2,3)4/h1-10,13H;1-5H,7H2;1H3,(H2,2,3,4). The van der Waals surface area contributed by atoms with E-state index in [1.165, 1.54) is 0 Å². The molecule has 0 aliphatic rings. The fraction of sp³-hybridized carbons (Fsp3) is 0.0526. The van der Waals surface area contributed by atoms with E-state index in [0.717, 1.165) is 24.2 Å². The number of hydrogen-bond donors (Lipinski definition) is 4. The molecule has 0 aliphatic heterocycles. The summed E-state index contributed by atoms with van der Waals surface area (Å²) in [6.07, 6.45) is 0. The monoisotopic (exact) mass is 374 g/mol. The number of rotatable bonds is 3. The van der Waals surface area contributed by atoms with Crippen molar-refractivity contribution in [2.45, 2.75) is 0 Å². The van der Waals surface area contributed by atoms with Crippen LogP contribution in [0.3, 0.4) is 0 Å². The third-order valence-electron chi connectivity index (χ3n) is 2.87. The Balaban J connectivity index is 0.000000220. The van der Waals surface area contributed by atoms with Gasteiger partial charge in [0.1, 0.15) is 0 Å². The largest absolute Gasteiger partial charge is 0.469 e. The summed E-state index contributed by atoms with van der Waals surface area (Å²) in [7, 11) is -3.20. The Bertz CT molecular complexity index is 728. The number of anilines is 3. The summed E-state index contributed by atoms with van der Waals surface area (Å²) in [5.41, 5.74) is 8.42. The smallest absolute Gasteiger partial charge is 0.399 e. The average Bonchev–Trinajstić information content (AvgIpc) is 2.65. The number of para-hydroxylation sites is 3. The minimum Gasteiger partial charge on any atom is -0.399 e. The van der Waals surface area contributed by atoms with Gasteiger partial charge in [0, 0.05) is 24.2 Å². The third-order valence-corrected chi connectivity index (χ3v) is 3.35. The number of benzene rings is 3. The zero-order valence-corrected chi connectivity index (χ0v) is 15.3. The highest BCUT2D eigenvalue weighted by molar-refractivity contribution is 7.46. The topological polar surface area (TPSA) is 105 Å². The molecule has 0 saturated carbocycles. The molecule has 0 fully saturated rings. The first-order chi connectivity index (χ1) is 12.4. The van der Waals surface area contributed by atoms with Gasteiger partial charge in [0.25, 0.3) is 0 Å². The highest BCUT2D eigenvalue weighted by Gasteiger charge is 2.07. The Morgan fingerprint density at radius 1 is 0.769 bits per heavy atom. The van der Waals surface area contributed by atoms with Crippen molar-refractivity contribution in [2.24, 2.45) is 0 Å². The molecule has 0 atom stereocenters. The summed E-state index contributed by atoms with van der Waals surface area (Å²) < 4.78 is 13.1. The van der Waals surface area contributed by atoms with Crippen LogP contribution in [0.2, 0.25) is 0 Å². The van der Waals surface area contributed by atoms with E-state index in [1.54, 1.807) is 0 Å². The molecule has 0 spiro atoms. The van der Waals surface area contributed by atoms with Crippen molar-refractivity contribution in [3.8, 4) is 0 Å². The van der Waals surface area contributed by atoms with Gasteiger partial charge in [-0.1, -0.05) is 54.6 Å². The van der Waals surface area contributed by atoms with Crippen LogP contribution >= 0.6 is 7.82 Å². The Hall–Kier alpha value is -2.63. The molecule has 0 aromatic heterocycles. The lowest BCUT2D eigenvalue weighted by Gasteiger charge is -2.04. The van der Waals surface area contributed by atoms with Gasteiger partial charge >= 0.3 is 7.82 Å². The van der Waals surface area contributed by atoms with Crippen LogP contribution in [-0.4, -0.2) is 16.9 Å². The van der Waals surface area contributed by atoms with E-state index in [1.807, 2.05) is 91.0 Å². The maximum absolute atomic E-state index is 9.47. The van der Waals surface area contributed by atoms with Crippen molar-refractivity contribution in [3.05, 3.63) is 91.0 Å². The fourth-order valence-electron chi connectivity index (χ4n) is 1.66. The van der Waals surface area contributed by atoms with Gasteiger partial charge in [0.2, 0.25) is 0 Å². The first kappa shape index (κ1) is 21.4. The quantitative estimate of drug-likeness (QED) is 0.399. The average molecular weight is 374 g/mol. The lowest BCUT2D eigenvalue weighted by molar-refractivity contribution is 0.235. The predicted molar refractivity (Wildman–Crippen MR) is 106 cm³/mol. The summed E-state index contributed by atoms with van der Waals surface area (Å²) in [5, 5.41) is 3.30. The van der Waals surface area contributed by atoms with Crippen LogP contribution in [0.4, 0.5) is 17.1 Å². The molecule has 3 rings (SSSR count). The summed E-state index contributed by atoms with van der Waals surface area (Å²) in [6.45, 7) is 0. The van der Waals surface area contributed by atoms with Crippen molar-refractivity contribution in [2.75, 3.05) is 18.2 Å². The second-order valence-electron chi connectivity index (χ2n) is 4.94. The second kappa shape index (κ2) is 11.8. The summed E-state index contributed by atoms with van der Waals surface area (Å²) in [6, 6.07) is 29.8. The molecule has 3 aromatic rings. The molecule has 0 aliphatic carbocycles. The Morgan fingerprint density at radius 2 is 1.08 bits per heavy atom. The van der Waals surface area contributed by atoms with Gasteiger partial charge in [-0.05, 0) is 36.4 Å². The molecule has 0 radical (unpaired) electrons. The summed E-state index contributed by atoms with van der Waals surface area (Å²) in [5.74, 6) is 0. The van der Waals surface area contributed by atoms with Crippen LogP contribution in [-0.2, 0) is 9.09 Å². The molecule has 0 saturated heterocycles. The van der Waals surface area contributed by atoms with Crippen LogP contribution in [0.25, 0.3) is 0 Å². The molecule has 0 amide bonds. The van der Waals surface area contributed by atoms with Gasteiger partial charge in [-0.15, -0.1) is 0 Å². The van der Waals surface area contributed by atoms with Gasteiger partial charge in [-0.25, -0.2) is 4.57 Å². The number of nitrogens with one attached hydrogen (secondary N) is 1. The van der Waals surface area contributed by atoms with Crippen molar-refractivity contribution in [3.63, 3.8) is 0 Å². The first-order valence-corrected chi connectivity index (χ1v) is 9.22. The molecule has 26 heavy (non-hydrogen) atoms. The molecule has 0 heterocycles. The van der Waals surface area contributed by atoms with E-state index in [4.69, 9.17) is 15.5 Å². The third kappa shape index (κ3) is 11.0. The lowest BCUT2D eigenvalue weighted by atomic mass is 10.3. The molecule has 138 valence electrons. The number of nitrogen functional groups attached to an aromatic ring is 1. The highest BCUT2D eigenvalue weighted by Crippen LogP contribution is 2.33. The van der Waals surface area contributed by atoms with E-state index in [2.05, 4.69) is 9.84 Å². The van der Waals surface area contributed by atoms with E-state index in [9.17, 15) is 4.57 Å². The molecule has 7 heteroatoms. The Labute approximate surface area is 153 Å². The van der Waals surface area contributed by atoms with Crippen molar-refractivity contribution in [1.29, 1.82) is 0 Å². The molecule has 0 unspecified atom stereocenters. The van der Waals surface area contributed by atoms with E-state index < -0.39 is 7.82 Å². The lowest BCUT2D eigenvalue weighted by Crippen LogP contribution is -1.87. The zero-order chi connectivity index (χ0) is 19.3. The molecule has 3 aromatic carbocycles. The SMILES string of the molecule is COP(=O)(O)O.Nc1ccccc1.c1ccc(Nc2ccccc2)cc1. The molecule has 0 bridgehead atoms. The maximum Gasteiger partial charge on any atom is 0.469 e. The minimum absolute atomic E-state index is 0.822. The minimum atomic E-state index is -4.15. The second-order valence-corrected chi connectivity index (χ2v) is 6.29. The van der Waals surface area contributed by atoms with Gasteiger partial charge in [0.05, 0.1) is 0 Å². The molecule has 5 N–H and O–H groups in total. The van der Waals surface area contributed by atoms with Crippen LogP contribution in [0.1, 0.15) is 0 Å². The Kier molecular flexibility index (Phi) is 9.75. The molecule has 6 nitrogen and oxygen atoms in total. The Morgan fingerprint density at radius 3 is 1.31 bits per heavy atom. The van der Waals surface area contributed by atoms with Crippen molar-refractivity contribution in [1.82, 2.24) is 0 Å². The van der Waals surface area contributed by atoms with Gasteiger partial charge < -0.3 is 20.8 Å². The van der Waals surface area contributed by atoms with Gasteiger partial charge in [-0.3, -0.25) is 4.52 Å². The number of phosphoric acid groups is 1. The van der Waals surface area contributed by atoms with Crippen LogP contribution in [0.5, 0.6) is 0 Å². The first-order valence-electron chi connectivity index (χ1n) is 7.69. The van der Waals surface area contributed by atoms with E-state index in [0.29, 0.717) is 0 Å². The van der Waals surface area contributed by atoms with Crippen molar-refractivity contribution < 1.29 is 18.9 Å². The number of nitrogens with two attached hydrogens (primary N) is 1. The summed E-state index contributed by atoms with van der Waals surface area (Å²) >= 11 is 0. The van der Waals surface area contributed by atoms with Gasteiger partial charge in [-0.2, -0.15) is 0 Å². The maximum atomic E-state index is 9.47. The van der Waals surface area contributed by atoms with Crippen LogP contribution in [0, 0.1) is 0 Å². The van der Waals surface area contributed by atoms with Crippen LogP contribution < -0.4 is 11.1 Å². The van der Waals surface area contributed by atoms with E-state index in [-0.39, 0.29) is 0 Å². The fourth-order valence-corrected chi connectivity index (χ4v) is 1.66. The highest BCUT2D eigenvalue weighted by atomic mass is 31.2. The molecular formula is C19H23N2O4P. The van der Waals surface area contributed by atoms with Crippen LogP contribution in [0.15, 0.2) is 91.0 Å². The number of hydrogen-bond acceptors (Lipinski definition) is 4. The van der Waals surface area contributed by atoms with E-state index >= 15 is 0 Å². The zero-order valence-electron chi connectivity index (χ0n) is 14.4. The molecular weight excluding hydrogens is 351 g/mol. The summed E-state index contributed by atoms with van der Waals surface area (Å²) in [4.78, 5) is 15.4. The normalized spacial score (nSPS) is 9.81. The predicted octanol–water partition coefficient (Wildman–Crippen LogP) is 4.42. The van der Waals surface area contributed by atoms with Gasteiger partial charge in [0.15, 0.2) is 0 Å². The number of phosphoric ester groups is 1.